The number of halogens is 1. The first-order chi connectivity index (χ1) is 8.04. The summed E-state index contributed by atoms with van der Waals surface area (Å²) in [6.07, 6.45) is 3.56. The van der Waals surface area contributed by atoms with Crippen LogP contribution in [0.5, 0.6) is 0 Å². The SMILES string of the molecule is O=C(O)[CH-]CC(C[18F])Cn1ccnc1[N+](=O)[O-].[Y]. The van der Waals surface area contributed by atoms with Crippen LogP contribution in [0.15, 0.2) is 12.4 Å². The van der Waals surface area contributed by atoms with Gasteiger partial charge in [0.15, 0.2) is 5.97 Å². The summed E-state index contributed by atoms with van der Waals surface area (Å²) >= 11 is 0. The van der Waals surface area contributed by atoms with Gasteiger partial charge in [0.1, 0.15) is 12.4 Å². The molecule has 1 unspecified atom stereocenters. The molecule has 0 aromatic carbocycles. The van der Waals surface area contributed by atoms with Crippen molar-refractivity contribution in [2.45, 2.75) is 13.0 Å². The van der Waals surface area contributed by atoms with E-state index in [1.54, 1.807) is 0 Å². The molecular formula is C9H11FN3O4Y-. The molecule has 9 heteroatoms. The number of nitro groups is 1. The number of nitrogens with zero attached hydrogens (tertiary/aromatic N) is 3. The molecule has 0 aliphatic rings. The maximum atomic E-state index is 12.6. The molecule has 0 bridgehead atoms. The van der Waals surface area contributed by atoms with E-state index in [0.29, 0.717) is 0 Å². The van der Waals surface area contributed by atoms with E-state index in [-0.39, 0.29) is 51.6 Å². The third kappa shape index (κ3) is 5.09. The molecule has 7 nitrogen and oxygen atoms in total. The summed E-state index contributed by atoms with van der Waals surface area (Å²) in [7, 11) is 0. The summed E-state index contributed by atoms with van der Waals surface area (Å²) in [5.41, 5.74) is 0. The molecule has 1 aromatic heterocycles. The molecule has 0 fully saturated rings. The smallest absolute Gasteiger partial charge is 0.434 e. The summed E-state index contributed by atoms with van der Waals surface area (Å²) in [4.78, 5) is 23.7. The molecule has 1 rings (SSSR count). The number of rotatable bonds is 7. The van der Waals surface area contributed by atoms with E-state index < -0.39 is 23.5 Å². The Hall–Kier alpha value is -1.02. The van der Waals surface area contributed by atoms with Gasteiger partial charge in [0.2, 0.25) is 0 Å². The molecule has 0 saturated carbocycles. The molecule has 1 atom stereocenters. The average molecular weight is 332 g/mol. The first-order valence-electron chi connectivity index (χ1n) is 4.82. The van der Waals surface area contributed by atoms with Crippen LogP contribution in [0.2, 0.25) is 0 Å². The van der Waals surface area contributed by atoms with Crippen molar-refractivity contribution >= 4 is 11.9 Å². The fourth-order valence-electron chi connectivity index (χ4n) is 1.35. The predicted octanol–water partition coefficient (Wildman–Crippen LogP) is 1.05. The van der Waals surface area contributed by atoms with Gasteiger partial charge in [-0.15, -0.1) is 6.42 Å². The minimum absolute atomic E-state index is 0. The molecule has 97 valence electrons. The number of carboxylic acid groups (broad SMARTS) is 1. The molecule has 18 heavy (non-hydrogen) atoms. The van der Waals surface area contributed by atoms with Crippen molar-refractivity contribution in [3.63, 3.8) is 0 Å². The zero-order valence-corrected chi connectivity index (χ0v) is 12.2. The van der Waals surface area contributed by atoms with E-state index in [1.165, 1.54) is 17.0 Å². The Balaban J connectivity index is 0.00000289. The Morgan fingerprint density at radius 2 is 2.39 bits per heavy atom. The number of imidazole rings is 1. The molecule has 1 radical (unpaired) electrons. The molecule has 1 aromatic rings. The second kappa shape index (κ2) is 8.15. The maximum Gasteiger partial charge on any atom is 0.434 e. The first kappa shape index (κ1) is 17.0. The summed E-state index contributed by atoms with van der Waals surface area (Å²) in [6.45, 7) is -0.726. The topological polar surface area (TPSA) is 98.3 Å². The van der Waals surface area contributed by atoms with Crippen molar-refractivity contribution < 1.29 is 51.9 Å². The number of hydrogen-bond donors (Lipinski definition) is 1. The van der Waals surface area contributed by atoms with Gasteiger partial charge in [0.05, 0.1) is 13.2 Å². The van der Waals surface area contributed by atoms with E-state index in [2.05, 4.69) is 4.98 Å². The van der Waals surface area contributed by atoms with E-state index in [1.807, 2.05) is 0 Å². The van der Waals surface area contributed by atoms with Gasteiger partial charge in [-0.2, -0.15) is 0 Å². The van der Waals surface area contributed by atoms with Crippen molar-refractivity contribution in [2.24, 2.45) is 5.92 Å². The normalized spacial score (nSPS) is 11.4. The van der Waals surface area contributed by atoms with Gasteiger partial charge in [-0.3, -0.25) is 15.6 Å². The van der Waals surface area contributed by atoms with E-state index in [9.17, 15) is 19.3 Å². The molecule has 0 aliphatic carbocycles. The standard InChI is InChI=1S/C9H11FN3O4.Y/c10-5-7(1-2-8(14)15)6-12-4-3-11-9(12)13(16)17;/h2-4,7H,1,5-6H2,(H,14,15);/q-1;/i10-1;. The zero-order chi connectivity index (χ0) is 12.8. The van der Waals surface area contributed by atoms with Crippen molar-refractivity contribution in [2.75, 3.05) is 6.67 Å². The Bertz CT molecular complexity index is 412. The minimum Gasteiger partial charge on any atom is -0.503 e. The van der Waals surface area contributed by atoms with Crippen LogP contribution in [0.3, 0.4) is 0 Å². The average Bonchev–Trinajstić information content (AvgIpc) is 2.71. The predicted molar refractivity (Wildman–Crippen MR) is 54.9 cm³/mol. The van der Waals surface area contributed by atoms with Gasteiger partial charge in [0, 0.05) is 32.7 Å². The minimum atomic E-state index is -1.14. The molecule has 0 saturated heterocycles. The summed E-state index contributed by atoms with van der Waals surface area (Å²) < 4.78 is 13.8. The Morgan fingerprint density at radius 1 is 1.72 bits per heavy atom. The van der Waals surface area contributed by atoms with Gasteiger partial charge in [-0.25, -0.2) is 4.57 Å². The van der Waals surface area contributed by atoms with Gasteiger partial charge in [-0.05, 0) is 10.8 Å². The number of aromatic nitrogens is 2. The van der Waals surface area contributed by atoms with Crippen LogP contribution >= 0.6 is 0 Å². The van der Waals surface area contributed by atoms with Crippen LogP contribution < -0.4 is 0 Å². The molecule has 1 N–H and O–H groups in total. The van der Waals surface area contributed by atoms with Crippen molar-refractivity contribution in [3.05, 3.63) is 28.9 Å². The monoisotopic (exact) mass is 332 g/mol. The largest absolute Gasteiger partial charge is 0.503 e. The van der Waals surface area contributed by atoms with Crippen molar-refractivity contribution in [1.82, 2.24) is 9.55 Å². The Labute approximate surface area is 127 Å². The van der Waals surface area contributed by atoms with E-state index in [4.69, 9.17) is 5.11 Å². The Kier molecular flexibility index (Phi) is 7.69. The Morgan fingerprint density at radius 3 is 2.89 bits per heavy atom. The zero-order valence-electron chi connectivity index (χ0n) is 9.40. The quantitative estimate of drug-likeness (QED) is 0.457. The summed E-state index contributed by atoms with van der Waals surface area (Å²) in [5, 5.41) is 19.0. The maximum absolute atomic E-state index is 12.6. The number of carbonyl (C=O) groups is 1. The molecule has 0 aliphatic heterocycles. The number of aliphatic carboxylic acids is 1. The molecule has 1 heterocycles. The van der Waals surface area contributed by atoms with Gasteiger partial charge >= 0.3 is 5.95 Å². The second-order valence-corrected chi connectivity index (χ2v) is 3.44. The first-order valence-corrected chi connectivity index (χ1v) is 4.82. The van der Waals surface area contributed by atoms with E-state index in [0.717, 1.165) is 6.42 Å². The van der Waals surface area contributed by atoms with Crippen LogP contribution in [0, 0.1) is 22.5 Å². The molecule has 0 spiro atoms. The molecule has 0 amide bonds. The number of alkyl halides is 1. The van der Waals surface area contributed by atoms with Gasteiger partial charge < -0.3 is 15.2 Å². The third-order valence-electron chi connectivity index (χ3n) is 2.16. The fraction of sp³-hybridized carbons (Fsp3) is 0.444. The van der Waals surface area contributed by atoms with Crippen LogP contribution in [-0.2, 0) is 44.0 Å². The fourth-order valence-corrected chi connectivity index (χ4v) is 1.35. The van der Waals surface area contributed by atoms with Crippen LogP contribution in [-0.4, -0.2) is 32.2 Å². The number of carboxylic acids is 1. The third-order valence-corrected chi connectivity index (χ3v) is 2.16. The summed E-state index contributed by atoms with van der Waals surface area (Å²) in [6, 6.07) is 0. The number of hydrogen-bond acceptors (Lipinski definition) is 4. The second-order valence-electron chi connectivity index (χ2n) is 3.44. The summed E-state index contributed by atoms with van der Waals surface area (Å²) in [5.74, 6) is -2.12. The van der Waals surface area contributed by atoms with Gasteiger partial charge in [0.25, 0.3) is 0 Å². The van der Waals surface area contributed by atoms with Crippen molar-refractivity contribution in [1.29, 1.82) is 0 Å². The van der Waals surface area contributed by atoms with Crippen LogP contribution in [0.1, 0.15) is 6.42 Å². The van der Waals surface area contributed by atoms with Crippen molar-refractivity contribution in [3.8, 4) is 0 Å². The van der Waals surface area contributed by atoms with Gasteiger partial charge in [-0.1, -0.05) is 4.98 Å². The van der Waals surface area contributed by atoms with E-state index >= 15 is 0 Å². The van der Waals surface area contributed by atoms with Crippen LogP contribution in [0.25, 0.3) is 0 Å². The molecular weight excluding hydrogens is 321 g/mol. The van der Waals surface area contributed by atoms with Crippen LogP contribution in [0.4, 0.5) is 10.3 Å².